The quantitative estimate of drug-likeness (QED) is 0.744. The number of nitrogens with zero attached hydrogens (tertiary/aromatic N) is 1. The van der Waals surface area contributed by atoms with Crippen molar-refractivity contribution < 1.29 is 9.90 Å². The predicted octanol–water partition coefficient (Wildman–Crippen LogP) is 3.59. The molecule has 3 heteroatoms. The number of carboxylic acids is 1. The average Bonchev–Trinajstić information content (AvgIpc) is 2.90. The van der Waals surface area contributed by atoms with Gasteiger partial charge in [0.25, 0.3) is 0 Å². The van der Waals surface area contributed by atoms with Crippen LogP contribution in [0.15, 0.2) is 30.3 Å². The first-order chi connectivity index (χ1) is 10.2. The molecule has 0 radical (unpaired) electrons. The Morgan fingerprint density at radius 3 is 2.71 bits per heavy atom. The van der Waals surface area contributed by atoms with E-state index in [-0.39, 0.29) is 0 Å². The van der Waals surface area contributed by atoms with Crippen LogP contribution in [0.4, 0.5) is 0 Å². The van der Waals surface area contributed by atoms with Gasteiger partial charge < -0.3 is 10.0 Å². The van der Waals surface area contributed by atoms with Gasteiger partial charge in [-0.05, 0) is 50.8 Å². The summed E-state index contributed by atoms with van der Waals surface area (Å²) >= 11 is 0. The normalized spacial score (nSPS) is 22.5. The number of aryl methyl sites for hydroxylation is 1. The molecule has 116 valence electrons. The van der Waals surface area contributed by atoms with Gasteiger partial charge >= 0.3 is 5.97 Å². The fourth-order valence-corrected chi connectivity index (χ4v) is 3.42. The maximum atomic E-state index is 11.5. The standard InChI is InChI=1S/C18H27NO2/c1-2-11-18(17(20)21)12-14-19(15-18)13-7-6-10-16-8-4-3-5-9-16/h3-5,8-9H,2,6-7,10-15H2,1H3,(H,20,21). The molecule has 0 saturated carbocycles. The second-order valence-corrected chi connectivity index (χ2v) is 6.30. The zero-order valence-electron chi connectivity index (χ0n) is 13.1. The van der Waals surface area contributed by atoms with E-state index in [9.17, 15) is 9.90 Å². The number of benzene rings is 1. The van der Waals surface area contributed by atoms with E-state index in [1.54, 1.807) is 0 Å². The third kappa shape index (κ3) is 4.31. The van der Waals surface area contributed by atoms with Crippen LogP contribution in [0.2, 0.25) is 0 Å². The number of carbonyl (C=O) groups is 1. The molecule has 1 fully saturated rings. The predicted molar refractivity (Wildman–Crippen MR) is 85.4 cm³/mol. The maximum Gasteiger partial charge on any atom is 0.310 e. The Kier molecular flexibility index (Phi) is 5.80. The molecule has 0 aliphatic carbocycles. The van der Waals surface area contributed by atoms with E-state index in [1.165, 1.54) is 12.0 Å². The topological polar surface area (TPSA) is 40.5 Å². The first-order valence-electron chi connectivity index (χ1n) is 8.16. The number of hydrogen-bond acceptors (Lipinski definition) is 2. The summed E-state index contributed by atoms with van der Waals surface area (Å²) in [6.45, 7) is 4.79. The maximum absolute atomic E-state index is 11.5. The number of carboxylic acid groups (broad SMARTS) is 1. The van der Waals surface area contributed by atoms with Gasteiger partial charge in [0.05, 0.1) is 5.41 Å². The van der Waals surface area contributed by atoms with Gasteiger partial charge in [-0.3, -0.25) is 4.79 Å². The molecule has 2 rings (SSSR count). The van der Waals surface area contributed by atoms with Crippen LogP contribution in [0.1, 0.15) is 44.6 Å². The summed E-state index contributed by atoms with van der Waals surface area (Å²) in [6, 6.07) is 10.6. The highest BCUT2D eigenvalue weighted by molar-refractivity contribution is 5.75. The lowest BCUT2D eigenvalue weighted by molar-refractivity contribution is -0.148. The fraction of sp³-hybridized carbons (Fsp3) is 0.611. The van der Waals surface area contributed by atoms with Gasteiger partial charge in [0.2, 0.25) is 0 Å². The molecule has 0 spiro atoms. The Labute approximate surface area is 128 Å². The third-order valence-corrected chi connectivity index (χ3v) is 4.65. The van der Waals surface area contributed by atoms with E-state index < -0.39 is 11.4 Å². The molecular formula is C18H27NO2. The van der Waals surface area contributed by atoms with Crippen LogP contribution >= 0.6 is 0 Å². The number of likely N-dealkylation sites (tertiary alicyclic amines) is 1. The average molecular weight is 289 g/mol. The molecule has 0 aromatic heterocycles. The van der Waals surface area contributed by atoms with Gasteiger partial charge in [0.15, 0.2) is 0 Å². The first-order valence-corrected chi connectivity index (χ1v) is 8.16. The highest BCUT2D eigenvalue weighted by Crippen LogP contribution is 2.35. The second-order valence-electron chi connectivity index (χ2n) is 6.30. The van der Waals surface area contributed by atoms with Crippen molar-refractivity contribution in [1.29, 1.82) is 0 Å². The van der Waals surface area contributed by atoms with Gasteiger partial charge in [0, 0.05) is 6.54 Å². The highest BCUT2D eigenvalue weighted by Gasteiger charge is 2.43. The van der Waals surface area contributed by atoms with Crippen molar-refractivity contribution in [3.8, 4) is 0 Å². The van der Waals surface area contributed by atoms with Crippen molar-refractivity contribution in [2.45, 2.75) is 45.4 Å². The molecule has 0 amide bonds. The lowest BCUT2D eigenvalue weighted by atomic mass is 9.83. The Morgan fingerprint density at radius 1 is 1.29 bits per heavy atom. The summed E-state index contributed by atoms with van der Waals surface area (Å²) in [6.07, 6.45) is 6.02. The Balaban J connectivity index is 1.71. The van der Waals surface area contributed by atoms with E-state index in [1.807, 2.05) is 6.07 Å². The molecule has 1 atom stereocenters. The second kappa shape index (κ2) is 7.60. The van der Waals surface area contributed by atoms with Gasteiger partial charge in [-0.15, -0.1) is 0 Å². The van der Waals surface area contributed by atoms with Crippen LogP contribution in [0, 0.1) is 5.41 Å². The number of unbranched alkanes of at least 4 members (excludes halogenated alkanes) is 1. The molecule has 1 aliphatic heterocycles. The van der Waals surface area contributed by atoms with Gasteiger partial charge in [-0.2, -0.15) is 0 Å². The molecule has 1 saturated heterocycles. The van der Waals surface area contributed by atoms with Crippen LogP contribution in [-0.4, -0.2) is 35.6 Å². The number of hydrogen-bond donors (Lipinski definition) is 1. The Bertz CT molecular complexity index is 446. The van der Waals surface area contributed by atoms with Crippen LogP contribution in [-0.2, 0) is 11.2 Å². The van der Waals surface area contributed by atoms with Gasteiger partial charge in [-0.25, -0.2) is 0 Å². The van der Waals surface area contributed by atoms with Crippen molar-refractivity contribution in [3.63, 3.8) is 0 Å². The van der Waals surface area contributed by atoms with Crippen molar-refractivity contribution in [3.05, 3.63) is 35.9 Å². The van der Waals surface area contributed by atoms with E-state index >= 15 is 0 Å². The third-order valence-electron chi connectivity index (χ3n) is 4.65. The monoisotopic (exact) mass is 289 g/mol. The lowest BCUT2D eigenvalue weighted by Gasteiger charge is -2.24. The smallest absolute Gasteiger partial charge is 0.310 e. The number of rotatable bonds is 8. The summed E-state index contributed by atoms with van der Waals surface area (Å²) in [4.78, 5) is 13.9. The summed E-state index contributed by atoms with van der Waals surface area (Å²) in [7, 11) is 0. The van der Waals surface area contributed by atoms with Crippen molar-refractivity contribution in [1.82, 2.24) is 4.90 Å². The molecule has 1 aromatic rings. The summed E-state index contributed by atoms with van der Waals surface area (Å²) < 4.78 is 0. The molecule has 0 bridgehead atoms. The summed E-state index contributed by atoms with van der Waals surface area (Å²) in [5.74, 6) is -0.601. The minimum atomic E-state index is -0.601. The van der Waals surface area contributed by atoms with E-state index in [4.69, 9.17) is 0 Å². The molecule has 1 N–H and O–H groups in total. The fourth-order valence-electron chi connectivity index (χ4n) is 3.42. The summed E-state index contributed by atoms with van der Waals surface area (Å²) in [5.41, 5.74) is 0.915. The Morgan fingerprint density at radius 2 is 2.05 bits per heavy atom. The number of aliphatic carboxylic acids is 1. The SMILES string of the molecule is CCCC1(C(=O)O)CCN(CCCCc2ccccc2)C1. The highest BCUT2D eigenvalue weighted by atomic mass is 16.4. The van der Waals surface area contributed by atoms with Gasteiger partial charge in [0.1, 0.15) is 0 Å². The molecule has 1 unspecified atom stereocenters. The molecule has 1 heterocycles. The molecule has 1 aliphatic rings. The largest absolute Gasteiger partial charge is 0.481 e. The minimum absolute atomic E-state index is 0.478. The van der Waals surface area contributed by atoms with Crippen molar-refractivity contribution in [2.24, 2.45) is 5.41 Å². The Hall–Kier alpha value is -1.35. The molecule has 21 heavy (non-hydrogen) atoms. The molecular weight excluding hydrogens is 262 g/mol. The van der Waals surface area contributed by atoms with E-state index in [2.05, 4.69) is 36.1 Å². The zero-order valence-corrected chi connectivity index (χ0v) is 13.1. The molecule has 1 aromatic carbocycles. The zero-order chi connectivity index (χ0) is 15.1. The lowest BCUT2D eigenvalue weighted by Crippen LogP contribution is -2.34. The van der Waals surface area contributed by atoms with Crippen LogP contribution < -0.4 is 0 Å². The van der Waals surface area contributed by atoms with E-state index in [0.29, 0.717) is 0 Å². The van der Waals surface area contributed by atoms with Gasteiger partial charge in [-0.1, -0.05) is 43.7 Å². The minimum Gasteiger partial charge on any atom is -0.481 e. The van der Waals surface area contributed by atoms with Crippen LogP contribution in [0.3, 0.4) is 0 Å². The first kappa shape index (κ1) is 16.0. The van der Waals surface area contributed by atoms with Crippen LogP contribution in [0.25, 0.3) is 0 Å². The van der Waals surface area contributed by atoms with E-state index in [0.717, 1.165) is 51.7 Å². The van der Waals surface area contributed by atoms with Crippen molar-refractivity contribution in [2.75, 3.05) is 19.6 Å². The van der Waals surface area contributed by atoms with Crippen molar-refractivity contribution >= 4 is 5.97 Å². The summed E-state index contributed by atoms with van der Waals surface area (Å²) in [5, 5.41) is 9.51. The van der Waals surface area contributed by atoms with Crippen LogP contribution in [0.5, 0.6) is 0 Å². The molecule has 3 nitrogen and oxygen atoms in total.